The molecule has 2 atom stereocenters. The smallest absolute Gasteiger partial charge is 0.282 e. The molecule has 1 saturated heterocycles. The Bertz CT molecular complexity index is 1160. The highest BCUT2D eigenvalue weighted by Gasteiger charge is 2.39. The highest BCUT2D eigenvalue weighted by molar-refractivity contribution is 7.91. The Labute approximate surface area is 156 Å². The van der Waals surface area contributed by atoms with E-state index in [2.05, 4.69) is 4.98 Å². The molecule has 0 spiro atoms. The second-order valence-corrected chi connectivity index (χ2v) is 8.96. The zero-order valence-electron chi connectivity index (χ0n) is 15.0. The maximum Gasteiger partial charge on any atom is 0.282 e. The van der Waals surface area contributed by atoms with Crippen LogP contribution in [0, 0.1) is 6.92 Å². The number of para-hydroxylation sites is 1. The number of aromatic nitrogens is 4. The number of imidazole rings is 1. The normalized spacial score (nSPS) is 21.6. The molecule has 142 valence electrons. The molecule has 1 aromatic carbocycles. The third-order valence-corrected chi connectivity index (χ3v) is 6.80. The fourth-order valence-electron chi connectivity index (χ4n) is 3.68. The molecule has 2 aromatic heterocycles. The lowest BCUT2D eigenvalue weighted by Gasteiger charge is -2.17. The van der Waals surface area contributed by atoms with Crippen LogP contribution < -0.4 is 5.56 Å². The average Bonchev–Trinajstić information content (AvgIpc) is 3.24. The van der Waals surface area contributed by atoms with E-state index in [-0.39, 0.29) is 17.1 Å². The number of hydrogen-bond acceptors (Lipinski definition) is 5. The van der Waals surface area contributed by atoms with E-state index < -0.39 is 22.0 Å². The predicted molar refractivity (Wildman–Crippen MR) is 101 cm³/mol. The second kappa shape index (κ2) is 6.21. The van der Waals surface area contributed by atoms with Gasteiger partial charge in [-0.15, -0.1) is 0 Å². The first-order chi connectivity index (χ1) is 12.8. The molecule has 3 aromatic rings. The number of aliphatic hydroxyl groups is 1. The predicted octanol–water partition coefficient (Wildman–Crippen LogP) is 0.678. The molecule has 0 amide bonds. The quantitative estimate of drug-likeness (QED) is 0.711. The molecule has 1 N–H and O–H groups in total. The monoisotopic (exact) mass is 388 g/mol. The van der Waals surface area contributed by atoms with E-state index in [9.17, 15) is 18.3 Å². The Morgan fingerprint density at radius 2 is 1.89 bits per heavy atom. The first-order valence-corrected chi connectivity index (χ1v) is 10.4. The average molecular weight is 388 g/mol. The number of hydrogen-bond donors (Lipinski definition) is 1. The van der Waals surface area contributed by atoms with Gasteiger partial charge in [0.05, 0.1) is 29.3 Å². The van der Waals surface area contributed by atoms with E-state index in [1.54, 1.807) is 27.2 Å². The number of aliphatic hydroxyl groups excluding tert-OH is 1. The van der Waals surface area contributed by atoms with Crippen LogP contribution in [-0.2, 0) is 16.9 Å². The van der Waals surface area contributed by atoms with Crippen LogP contribution in [0.5, 0.6) is 0 Å². The number of nitrogens with zero attached hydrogens (tertiary/aromatic N) is 4. The van der Waals surface area contributed by atoms with Gasteiger partial charge >= 0.3 is 0 Å². The summed E-state index contributed by atoms with van der Waals surface area (Å²) >= 11 is 0. The Kier molecular flexibility index (Phi) is 4.08. The molecular weight excluding hydrogens is 368 g/mol. The largest absolute Gasteiger partial charge is 0.390 e. The molecule has 0 unspecified atom stereocenters. The van der Waals surface area contributed by atoms with Gasteiger partial charge in [-0.2, -0.15) is 0 Å². The van der Waals surface area contributed by atoms with Crippen LogP contribution in [0.1, 0.15) is 11.7 Å². The lowest BCUT2D eigenvalue weighted by molar-refractivity contribution is 0.154. The van der Waals surface area contributed by atoms with E-state index in [1.807, 2.05) is 37.3 Å². The lowest BCUT2D eigenvalue weighted by Crippen LogP contribution is -2.24. The van der Waals surface area contributed by atoms with Crippen molar-refractivity contribution in [3.8, 4) is 17.1 Å². The summed E-state index contributed by atoms with van der Waals surface area (Å²) < 4.78 is 28.7. The van der Waals surface area contributed by atoms with E-state index in [0.29, 0.717) is 17.1 Å². The zero-order valence-corrected chi connectivity index (χ0v) is 15.8. The molecule has 1 aliphatic heterocycles. The molecule has 0 aliphatic carbocycles. The summed E-state index contributed by atoms with van der Waals surface area (Å²) in [4.78, 5) is 17.5. The van der Waals surface area contributed by atoms with Gasteiger partial charge in [0.25, 0.3) is 5.56 Å². The number of benzene rings is 1. The molecule has 0 bridgehead atoms. The van der Waals surface area contributed by atoms with Gasteiger partial charge in [-0.3, -0.25) is 9.48 Å². The van der Waals surface area contributed by atoms with E-state index in [1.165, 1.54) is 6.20 Å². The Morgan fingerprint density at radius 1 is 1.19 bits per heavy atom. The first-order valence-electron chi connectivity index (χ1n) is 8.56. The van der Waals surface area contributed by atoms with Crippen LogP contribution in [0.15, 0.2) is 47.5 Å². The minimum Gasteiger partial charge on any atom is -0.390 e. The molecular formula is C18H20N4O4S. The van der Waals surface area contributed by atoms with Gasteiger partial charge in [-0.1, -0.05) is 18.2 Å². The first kappa shape index (κ1) is 17.7. The number of sulfone groups is 1. The van der Waals surface area contributed by atoms with Crippen LogP contribution in [0.4, 0.5) is 0 Å². The molecule has 9 heteroatoms. The zero-order chi connectivity index (χ0) is 19.3. The molecule has 4 rings (SSSR count). The summed E-state index contributed by atoms with van der Waals surface area (Å²) in [5, 5.41) is 10.2. The Morgan fingerprint density at radius 3 is 2.52 bits per heavy atom. The van der Waals surface area contributed by atoms with E-state index >= 15 is 0 Å². The van der Waals surface area contributed by atoms with Gasteiger partial charge < -0.3 is 9.67 Å². The minimum absolute atomic E-state index is 0.170. The third kappa shape index (κ3) is 2.83. The van der Waals surface area contributed by atoms with Gasteiger partial charge in [-0.05, 0) is 19.1 Å². The van der Waals surface area contributed by atoms with Crippen molar-refractivity contribution in [1.29, 1.82) is 0 Å². The summed E-state index contributed by atoms with van der Waals surface area (Å²) in [6.07, 6.45) is 2.11. The van der Waals surface area contributed by atoms with Gasteiger partial charge in [0.1, 0.15) is 11.4 Å². The van der Waals surface area contributed by atoms with Crippen LogP contribution in [0.3, 0.4) is 0 Å². The van der Waals surface area contributed by atoms with E-state index in [4.69, 9.17) is 0 Å². The molecule has 0 radical (unpaired) electrons. The molecule has 0 saturated carbocycles. The third-order valence-electron chi connectivity index (χ3n) is 5.10. The summed E-state index contributed by atoms with van der Waals surface area (Å²) in [5.74, 6) is -0.0861. The Hall–Kier alpha value is -2.65. The highest BCUT2D eigenvalue weighted by Crippen LogP contribution is 2.29. The Balaban J connectivity index is 1.88. The van der Waals surface area contributed by atoms with Crippen molar-refractivity contribution < 1.29 is 13.5 Å². The van der Waals surface area contributed by atoms with Gasteiger partial charge in [0.15, 0.2) is 9.84 Å². The fourth-order valence-corrected chi connectivity index (χ4v) is 5.46. The van der Waals surface area contributed by atoms with Crippen molar-refractivity contribution >= 4 is 9.84 Å². The topological polar surface area (TPSA) is 99.1 Å². The van der Waals surface area contributed by atoms with Crippen molar-refractivity contribution in [3.05, 3.63) is 58.8 Å². The van der Waals surface area contributed by atoms with Crippen LogP contribution >= 0.6 is 0 Å². The second-order valence-electron chi connectivity index (χ2n) is 6.81. The fraction of sp³-hybridized carbons (Fsp3) is 0.333. The SMILES string of the molecule is Cc1c(-c2nccn2[C@@H]2CS(=O)(=O)C[C@H]2O)c(=O)n(-c2ccccc2)n1C. The highest BCUT2D eigenvalue weighted by atomic mass is 32.2. The maximum absolute atomic E-state index is 13.2. The maximum atomic E-state index is 13.2. The van der Waals surface area contributed by atoms with Crippen molar-refractivity contribution in [2.24, 2.45) is 7.05 Å². The summed E-state index contributed by atoms with van der Waals surface area (Å²) in [6.45, 7) is 1.82. The standard InChI is InChI=1S/C18H20N4O4S/c1-12-16(18(24)22(20(12)2)13-6-4-3-5-7-13)17-19-8-9-21(17)14-10-27(25,26)11-15(14)23/h3-9,14-15,23H,10-11H2,1-2H3/t14-,15-/m1/s1. The van der Waals surface area contributed by atoms with Crippen molar-refractivity contribution in [2.45, 2.75) is 19.1 Å². The number of rotatable bonds is 3. The minimum atomic E-state index is -3.32. The molecule has 3 heterocycles. The van der Waals surface area contributed by atoms with Crippen LogP contribution in [0.25, 0.3) is 17.1 Å². The van der Waals surface area contributed by atoms with Gasteiger partial charge in [-0.25, -0.2) is 18.1 Å². The molecule has 1 aliphatic rings. The van der Waals surface area contributed by atoms with Crippen LogP contribution in [0.2, 0.25) is 0 Å². The molecule has 8 nitrogen and oxygen atoms in total. The van der Waals surface area contributed by atoms with E-state index in [0.717, 1.165) is 5.69 Å². The summed E-state index contributed by atoms with van der Waals surface area (Å²) in [7, 11) is -1.54. The summed E-state index contributed by atoms with van der Waals surface area (Å²) in [5.41, 5.74) is 1.57. The summed E-state index contributed by atoms with van der Waals surface area (Å²) in [6, 6.07) is 8.60. The van der Waals surface area contributed by atoms with Gasteiger partial charge in [0.2, 0.25) is 0 Å². The lowest BCUT2D eigenvalue weighted by atomic mass is 10.2. The van der Waals surface area contributed by atoms with Crippen LogP contribution in [-0.4, -0.2) is 50.0 Å². The van der Waals surface area contributed by atoms with Gasteiger partial charge in [0, 0.05) is 25.1 Å². The molecule has 27 heavy (non-hydrogen) atoms. The van der Waals surface area contributed by atoms with Crippen molar-refractivity contribution in [3.63, 3.8) is 0 Å². The molecule has 1 fully saturated rings. The van der Waals surface area contributed by atoms with Crippen molar-refractivity contribution in [1.82, 2.24) is 18.9 Å². The van der Waals surface area contributed by atoms with Crippen molar-refractivity contribution in [2.75, 3.05) is 11.5 Å².